The number of benzene rings is 3. The lowest BCUT2D eigenvalue weighted by Gasteiger charge is -2.04. The normalized spacial score (nSPS) is 10.9. The van der Waals surface area contributed by atoms with Crippen molar-refractivity contribution in [1.29, 1.82) is 0 Å². The van der Waals surface area contributed by atoms with Gasteiger partial charge in [-0.15, -0.1) is 0 Å². The first-order chi connectivity index (χ1) is 14.3. The van der Waals surface area contributed by atoms with Crippen molar-refractivity contribution in [1.82, 2.24) is 10.1 Å². The molecule has 0 aliphatic rings. The maximum Gasteiger partial charge on any atom is 0.302 e. The second-order valence-corrected chi connectivity index (χ2v) is 6.41. The van der Waals surface area contributed by atoms with E-state index in [2.05, 4.69) is 15.5 Å². The number of anilines is 1. The van der Waals surface area contributed by atoms with Gasteiger partial charge in [0.25, 0.3) is 5.91 Å². The molecule has 140 valence electrons. The lowest BCUT2D eigenvalue weighted by molar-refractivity contribution is 0.102. The molecular weight excluding hydrogens is 366 g/mol. The fraction of sp³-hybridized carbons (Fsp3) is 0. The Labute approximate surface area is 165 Å². The Morgan fingerprint density at radius 1 is 0.793 bits per heavy atom. The molecule has 6 heteroatoms. The number of aromatic nitrogens is 2. The summed E-state index contributed by atoms with van der Waals surface area (Å²) >= 11 is 0. The quantitative estimate of drug-likeness (QED) is 0.451. The van der Waals surface area contributed by atoms with E-state index in [9.17, 15) is 4.79 Å². The fourth-order valence-electron chi connectivity index (χ4n) is 3.17. The maximum atomic E-state index is 13.2. The summed E-state index contributed by atoms with van der Waals surface area (Å²) in [6.07, 6.45) is 0. The lowest BCUT2D eigenvalue weighted by atomic mass is 10.0. The highest BCUT2D eigenvalue weighted by Crippen LogP contribution is 2.33. The Bertz CT molecular complexity index is 1200. The smallest absolute Gasteiger partial charge is 0.302 e. The molecule has 1 amide bonds. The number of fused-ring (bicyclic) bond motifs is 1. The average molecular weight is 381 g/mol. The molecule has 2 heterocycles. The van der Waals surface area contributed by atoms with Gasteiger partial charge in [-0.2, -0.15) is 4.98 Å². The third-order valence-corrected chi connectivity index (χ3v) is 4.52. The van der Waals surface area contributed by atoms with E-state index in [0.717, 1.165) is 11.1 Å². The summed E-state index contributed by atoms with van der Waals surface area (Å²) in [6.45, 7) is 0. The molecule has 1 N–H and O–H groups in total. The van der Waals surface area contributed by atoms with Gasteiger partial charge in [0.05, 0.1) is 0 Å². The summed E-state index contributed by atoms with van der Waals surface area (Å²) in [5.41, 5.74) is 3.58. The summed E-state index contributed by atoms with van der Waals surface area (Å²) < 4.78 is 11.2. The number of nitrogens with one attached hydrogen (secondary N) is 1. The second-order valence-electron chi connectivity index (χ2n) is 6.41. The highest BCUT2D eigenvalue weighted by molar-refractivity contribution is 6.11. The van der Waals surface area contributed by atoms with Gasteiger partial charge in [-0.05, 0) is 12.1 Å². The van der Waals surface area contributed by atoms with Crippen molar-refractivity contribution in [2.45, 2.75) is 0 Å². The van der Waals surface area contributed by atoms with E-state index in [0.29, 0.717) is 28.1 Å². The highest BCUT2D eigenvalue weighted by atomic mass is 16.5. The predicted octanol–water partition coefficient (Wildman–Crippen LogP) is 5.40. The third kappa shape index (κ3) is 3.17. The van der Waals surface area contributed by atoms with Crippen molar-refractivity contribution in [3.63, 3.8) is 0 Å². The van der Waals surface area contributed by atoms with Crippen molar-refractivity contribution in [2.75, 3.05) is 5.32 Å². The molecule has 2 aromatic heterocycles. The van der Waals surface area contributed by atoms with E-state index in [4.69, 9.17) is 8.94 Å². The Balaban J connectivity index is 1.59. The van der Waals surface area contributed by atoms with E-state index >= 15 is 0 Å². The number of carbonyl (C=O) groups is 1. The van der Waals surface area contributed by atoms with Crippen LogP contribution in [0.25, 0.3) is 33.7 Å². The van der Waals surface area contributed by atoms with Crippen molar-refractivity contribution >= 4 is 23.0 Å². The minimum atomic E-state index is -0.407. The van der Waals surface area contributed by atoms with Gasteiger partial charge in [0, 0.05) is 11.1 Å². The Hall–Kier alpha value is -4.19. The van der Waals surface area contributed by atoms with Crippen LogP contribution in [0.5, 0.6) is 0 Å². The number of rotatable bonds is 4. The van der Waals surface area contributed by atoms with Gasteiger partial charge in [-0.25, -0.2) is 0 Å². The first-order valence-electron chi connectivity index (χ1n) is 9.07. The Morgan fingerprint density at radius 2 is 1.45 bits per heavy atom. The number of carbonyl (C=O) groups excluding carboxylic acids is 1. The van der Waals surface area contributed by atoms with Crippen LogP contribution in [-0.2, 0) is 0 Å². The molecule has 6 nitrogen and oxygen atoms in total. The van der Waals surface area contributed by atoms with Crippen molar-refractivity contribution in [2.24, 2.45) is 0 Å². The molecule has 0 fully saturated rings. The SMILES string of the molecule is O=C(Nc1nc2ccccc2o1)c1c(-c2ccccc2)noc1-c1ccccc1. The van der Waals surface area contributed by atoms with Gasteiger partial charge in [-0.3, -0.25) is 10.1 Å². The molecule has 29 heavy (non-hydrogen) atoms. The van der Waals surface area contributed by atoms with Gasteiger partial charge in [-0.1, -0.05) is 78.0 Å². The predicted molar refractivity (Wildman–Crippen MR) is 109 cm³/mol. The summed E-state index contributed by atoms with van der Waals surface area (Å²) in [4.78, 5) is 17.5. The summed E-state index contributed by atoms with van der Waals surface area (Å²) in [5, 5.41) is 6.92. The van der Waals surface area contributed by atoms with E-state index in [-0.39, 0.29) is 6.01 Å². The van der Waals surface area contributed by atoms with Crippen molar-refractivity contribution in [3.8, 4) is 22.6 Å². The van der Waals surface area contributed by atoms with Crippen LogP contribution in [0.3, 0.4) is 0 Å². The van der Waals surface area contributed by atoms with Crippen LogP contribution >= 0.6 is 0 Å². The van der Waals surface area contributed by atoms with Crippen LogP contribution in [0.1, 0.15) is 10.4 Å². The molecule has 0 aliphatic carbocycles. The van der Waals surface area contributed by atoms with E-state index in [1.807, 2.05) is 78.9 Å². The Morgan fingerprint density at radius 3 is 2.17 bits per heavy atom. The van der Waals surface area contributed by atoms with Gasteiger partial charge in [0.15, 0.2) is 11.3 Å². The maximum absolute atomic E-state index is 13.2. The van der Waals surface area contributed by atoms with E-state index in [1.54, 1.807) is 6.07 Å². The lowest BCUT2D eigenvalue weighted by Crippen LogP contribution is -2.13. The Kier molecular flexibility index (Phi) is 4.14. The molecule has 0 spiro atoms. The fourth-order valence-corrected chi connectivity index (χ4v) is 3.17. The molecule has 0 saturated heterocycles. The summed E-state index contributed by atoms with van der Waals surface area (Å²) in [5.74, 6) is -0.0198. The minimum absolute atomic E-state index is 0.121. The number of amides is 1. The largest absolute Gasteiger partial charge is 0.423 e. The minimum Gasteiger partial charge on any atom is -0.423 e. The van der Waals surface area contributed by atoms with Crippen LogP contribution in [0.2, 0.25) is 0 Å². The topological polar surface area (TPSA) is 81.2 Å². The zero-order chi connectivity index (χ0) is 19.6. The van der Waals surface area contributed by atoms with Crippen molar-refractivity contribution < 1.29 is 13.7 Å². The number of hydrogen-bond acceptors (Lipinski definition) is 5. The second kappa shape index (κ2) is 7.09. The molecule has 0 atom stereocenters. The zero-order valence-corrected chi connectivity index (χ0v) is 15.2. The molecule has 5 rings (SSSR count). The van der Waals surface area contributed by atoms with E-state index in [1.165, 1.54) is 0 Å². The monoisotopic (exact) mass is 381 g/mol. The summed E-state index contributed by atoms with van der Waals surface area (Å²) in [6, 6.07) is 26.3. The highest BCUT2D eigenvalue weighted by Gasteiger charge is 2.26. The van der Waals surface area contributed by atoms with Crippen LogP contribution in [0, 0.1) is 0 Å². The van der Waals surface area contributed by atoms with E-state index < -0.39 is 5.91 Å². The first kappa shape index (κ1) is 16.9. The molecule has 0 unspecified atom stereocenters. The number of para-hydroxylation sites is 2. The molecule has 3 aromatic carbocycles. The van der Waals surface area contributed by atoms with Crippen LogP contribution in [0.15, 0.2) is 93.9 Å². The third-order valence-electron chi connectivity index (χ3n) is 4.52. The molecule has 0 aliphatic heterocycles. The van der Waals surface area contributed by atoms with Crippen molar-refractivity contribution in [3.05, 3.63) is 90.5 Å². The summed E-state index contributed by atoms with van der Waals surface area (Å²) in [7, 11) is 0. The van der Waals surface area contributed by atoms with Gasteiger partial charge >= 0.3 is 6.01 Å². The van der Waals surface area contributed by atoms with Crippen LogP contribution in [-0.4, -0.2) is 16.0 Å². The van der Waals surface area contributed by atoms with Gasteiger partial charge in [0.1, 0.15) is 16.8 Å². The number of nitrogens with zero attached hydrogens (tertiary/aromatic N) is 2. The van der Waals surface area contributed by atoms with Crippen LogP contribution in [0.4, 0.5) is 6.01 Å². The standard InChI is InChI=1S/C23H15N3O3/c27-22(25-23-24-17-13-7-8-14-18(17)28-23)19-20(15-9-3-1-4-10-15)26-29-21(19)16-11-5-2-6-12-16/h1-14H,(H,24,25,27). The average Bonchev–Trinajstić information content (AvgIpc) is 3.39. The molecule has 0 bridgehead atoms. The molecule has 5 aromatic rings. The van der Waals surface area contributed by atoms with Gasteiger partial charge < -0.3 is 8.94 Å². The number of hydrogen-bond donors (Lipinski definition) is 1. The van der Waals surface area contributed by atoms with Crippen LogP contribution < -0.4 is 5.32 Å². The number of oxazole rings is 1. The molecule has 0 radical (unpaired) electrons. The zero-order valence-electron chi connectivity index (χ0n) is 15.2. The van der Waals surface area contributed by atoms with Gasteiger partial charge in [0.2, 0.25) is 0 Å². The first-order valence-corrected chi connectivity index (χ1v) is 9.07. The molecule has 0 saturated carbocycles. The molecular formula is C23H15N3O3.